The normalized spacial score (nSPS) is 10.4. The first-order valence-electron chi connectivity index (χ1n) is 3.05. The molecule has 0 saturated carbocycles. The summed E-state index contributed by atoms with van der Waals surface area (Å²) < 4.78 is 6.16. The van der Waals surface area contributed by atoms with Crippen molar-refractivity contribution in [2.45, 2.75) is 0 Å². The Labute approximate surface area is 85.6 Å². The molecule has 12 heavy (non-hydrogen) atoms. The Kier molecular flexibility index (Phi) is 2.12. The first kappa shape index (κ1) is 8.15. The second kappa shape index (κ2) is 3.12. The molecule has 2 rings (SSSR count). The third-order valence-corrected chi connectivity index (χ3v) is 2.93. The van der Waals surface area contributed by atoms with E-state index >= 15 is 0 Å². The average molecular weight is 263 g/mol. The van der Waals surface area contributed by atoms with E-state index in [0.717, 1.165) is 9.35 Å². The molecule has 0 aliphatic rings. The molecule has 1 N–H and O–H groups in total. The van der Waals surface area contributed by atoms with Crippen molar-refractivity contribution in [1.29, 1.82) is 0 Å². The van der Waals surface area contributed by atoms with Crippen LogP contribution in [0.5, 0.6) is 0 Å². The van der Waals surface area contributed by atoms with Gasteiger partial charge in [0.1, 0.15) is 0 Å². The molecule has 0 unspecified atom stereocenters. The van der Waals surface area contributed by atoms with Gasteiger partial charge in [-0.05, 0) is 34.2 Å². The Balaban J connectivity index is 2.50. The standard InChI is InChI=1S/C6H3BrN2OS2/c7-4-1-3(2-12-4)5-8-9-6(11)10-5/h1-2H,(H,9,11). The van der Waals surface area contributed by atoms with Crippen LogP contribution in [0.4, 0.5) is 0 Å². The minimum Gasteiger partial charge on any atom is -0.409 e. The van der Waals surface area contributed by atoms with Gasteiger partial charge in [0, 0.05) is 5.38 Å². The van der Waals surface area contributed by atoms with E-state index in [1.54, 1.807) is 11.3 Å². The van der Waals surface area contributed by atoms with E-state index < -0.39 is 0 Å². The Morgan fingerprint density at radius 2 is 2.50 bits per heavy atom. The number of hydrogen-bond donors (Lipinski definition) is 1. The lowest BCUT2D eigenvalue weighted by Crippen LogP contribution is -1.71. The zero-order valence-electron chi connectivity index (χ0n) is 5.70. The minimum absolute atomic E-state index is 0.298. The molecule has 0 atom stereocenters. The molecule has 3 nitrogen and oxygen atoms in total. The van der Waals surface area contributed by atoms with E-state index in [1.807, 2.05) is 11.4 Å². The lowest BCUT2D eigenvalue weighted by atomic mass is 10.3. The number of aromatic amines is 1. The van der Waals surface area contributed by atoms with Crippen LogP contribution in [-0.4, -0.2) is 10.2 Å². The highest BCUT2D eigenvalue weighted by Gasteiger charge is 2.05. The van der Waals surface area contributed by atoms with Crippen molar-refractivity contribution in [1.82, 2.24) is 10.2 Å². The first-order valence-corrected chi connectivity index (χ1v) is 5.14. The molecule has 2 aromatic rings. The number of aromatic nitrogens is 2. The van der Waals surface area contributed by atoms with E-state index in [0.29, 0.717) is 10.7 Å². The molecule has 0 radical (unpaired) electrons. The van der Waals surface area contributed by atoms with Crippen LogP contribution in [0.25, 0.3) is 11.5 Å². The van der Waals surface area contributed by atoms with Gasteiger partial charge in [-0.1, -0.05) is 0 Å². The maximum absolute atomic E-state index is 5.12. The summed E-state index contributed by atoms with van der Waals surface area (Å²) in [6.07, 6.45) is 0. The fourth-order valence-corrected chi connectivity index (χ4v) is 2.03. The molecule has 62 valence electrons. The van der Waals surface area contributed by atoms with Crippen LogP contribution >= 0.6 is 39.5 Å². The van der Waals surface area contributed by atoms with Gasteiger partial charge in [0.2, 0.25) is 5.89 Å². The number of thiophene rings is 1. The number of nitrogens with one attached hydrogen (secondary N) is 1. The van der Waals surface area contributed by atoms with Crippen LogP contribution in [0, 0.1) is 4.84 Å². The van der Waals surface area contributed by atoms with Crippen molar-refractivity contribution in [2.75, 3.05) is 0 Å². The first-order chi connectivity index (χ1) is 5.75. The fourth-order valence-electron chi connectivity index (χ4n) is 0.776. The van der Waals surface area contributed by atoms with Gasteiger partial charge in [-0.25, -0.2) is 5.10 Å². The van der Waals surface area contributed by atoms with Gasteiger partial charge < -0.3 is 4.42 Å². The molecular weight excluding hydrogens is 260 g/mol. The highest BCUT2D eigenvalue weighted by molar-refractivity contribution is 9.11. The predicted octanol–water partition coefficient (Wildman–Crippen LogP) is 3.22. The van der Waals surface area contributed by atoms with E-state index in [1.165, 1.54) is 0 Å². The van der Waals surface area contributed by atoms with Crippen molar-refractivity contribution < 1.29 is 4.42 Å². The van der Waals surface area contributed by atoms with Crippen LogP contribution in [0.3, 0.4) is 0 Å². The summed E-state index contributed by atoms with van der Waals surface area (Å²) in [7, 11) is 0. The lowest BCUT2D eigenvalue weighted by Gasteiger charge is -1.82. The predicted molar refractivity (Wildman–Crippen MR) is 52.7 cm³/mol. The van der Waals surface area contributed by atoms with Gasteiger partial charge in [0.15, 0.2) is 0 Å². The summed E-state index contributed by atoms with van der Waals surface area (Å²) in [6, 6.07) is 1.93. The molecule has 0 aromatic carbocycles. The van der Waals surface area contributed by atoms with E-state index in [4.69, 9.17) is 16.6 Å². The van der Waals surface area contributed by atoms with Crippen molar-refractivity contribution in [2.24, 2.45) is 0 Å². The Morgan fingerprint density at radius 3 is 3.00 bits per heavy atom. The molecule has 6 heteroatoms. The maximum atomic E-state index is 5.12. The lowest BCUT2D eigenvalue weighted by molar-refractivity contribution is 0.552. The summed E-state index contributed by atoms with van der Waals surface area (Å²) >= 11 is 9.67. The topological polar surface area (TPSA) is 41.8 Å². The van der Waals surface area contributed by atoms with Crippen LogP contribution in [-0.2, 0) is 0 Å². The number of halogens is 1. The molecule has 2 heterocycles. The molecule has 0 amide bonds. The van der Waals surface area contributed by atoms with Crippen LogP contribution in [0.1, 0.15) is 0 Å². The second-order valence-electron chi connectivity index (χ2n) is 2.06. The molecule has 0 saturated heterocycles. The number of H-pyrrole nitrogens is 1. The average Bonchev–Trinajstić information content (AvgIpc) is 2.58. The number of rotatable bonds is 1. The van der Waals surface area contributed by atoms with Gasteiger partial charge in [-0.2, -0.15) is 0 Å². The molecule has 0 bridgehead atoms. The summed E-state index contributed by atoms with van der Waals surface area (Å²) in [4.78, 5) is 0.298. The quantitative estimate of drug-likeness (QED) is 0.803. The van der Waals surface area contributed by atoms with Crippen molar-refractivity contribution in [3.05, 3.63) is 20.1 Å². The molecule has 0 spiro atoms. The Morgan fingerprint density at radius 1 is 1.67 bits per heavy atom. The number of hydrogen-bond acceptors (Lipinski definition) is 4. The summed E-state index contributed by atoms with van der Waals surface area (Å²) in [5.74, 6) is 0.530. The van der Waals surface area contributed by atoms with Crippen LogP contribution in [0.15, 0.2) is 19.6 Å². The van der Waals surface area contributed by atoms with Crippen molar-refractivity contribution >= 4 is 39.5 Å². The molecule has 0 aliphatic heterocycles. The van der Waals surface area contributed by atoms with E-state index in [2.05, 4.69) is 26.1 Å². The zero-order chi connectivity index (χ0) is 8.55. The van der Waals surface area contributed by atoms with Gasteiger partial charge in [-0.15, -0.1) is 16.4 Å². The fraction of sp³-hybridized carbons (Fsp3) is 0. The van der Waals surface area contributed by atoms with E-state index in [9.17, 15) is 0 Å². The summed E-state index contributed by atoms with van der Waals surface area (Å²) in [5.41, 5.74) is 0.930. The summed E-state index contributed by atoms with van der Waals surface area (Å²) in [5, 5.41) is 8.40. The Bertz CT molecular complexity index is 444. The zero-order valence-corrected chi connectivity index (χ0v) is 8.92. The third-order valence-electron chi connectivity index (χ3n) is 1.25. The second-order valence-corrected chi connectivity index (χ2v) is 4.72. The number of nitrogens with zero attached hydrogens (tertiary/aromatic N) is 1. The van der Waals surface area contributed by atoms with Gasteiger partial charge in [0.25, 0.3) is 4.84 Å². The molecule has 0 fully saturated rings. The largest absolute Gasteiger partial charge is 0.409 e. The van der Waals surface area contributed by atoms with Crippen LogP contribution < -0.4 is 0 Å². The molecular formula is C6H3BrN2OS2. The van der Waals surface area contributed by atoms with Gasteiger partial charge in [-0.3, -0.25) is 0 Å². The Hall–Kier alpha value is -0.460. The molecule has 2 aromatic heterocycles. The van der Waals surface area contributed by atoms with Gasteiger partial charge >= 0.3 is 0 Å². The van der Waals surface area contributed by atoms with Crippen molar-refractivity contribution in [3.63, 3.8) is 0 Å². The highest BCUT2D eigenvalue weighted by atomic mass is 79.9. The highest BCUT2D eigenvalue weighted by Crippen LogP contribution is 2.27. The minimum atomic E-state index is 0.298. The third kappa shape index (κ3) is 1.50. The SMILES string of the molecule is S=c1[nH]nc(-c2csc(Br)c2)o1. The molecule has 0 aliphatic carbocycles. The monoisotopic (exact) mass is 262 g/mol. The van der Waals surface area contributed by atoms with Crippen molar-refractivity contribution in [3.8, 4) is 11.5 Å². The van der Waals surface area contributed by atoms with Gasteiger partial charge in [0.05, 0.1) is 9.35 Å². The smallest absolute Gasteiger partial charge is 0.284 e. The van der Waals surface area contributed by atoms with Crippen LogP contribution in [0.2, 0.25) is 0 Å². The van der Waals surface area contributed by atoms with E-state index in [-0.39, 0.29) is 0 Å². The summed E-state index contributed by atoms with van der Waals surface area (Å²) in [6.45, 7) is 0. The maximum Gasteiger partial charge on any atom is 0.284 e.